The van der Waals surface area contributed by atoms with E-state index in [2.05, 4.69) is 25.8 Å². The second-order valence-electron chi connectivity index (χ2n) is 7.62. The second-order valence-corrected chi connectivity index (χ2v) is 9.77. The number of nitrogens with zero attached hydrogens (tertiary/aromatic N) is 4. The lowest BCUT2D eigenvalue weighted by Gasteiger charge is -2.08. The van der Waals surface area contributed by atoms with Gasteiger partial charge in [-0.05, 0) is 25.5 Å². The van der Waals surface area contributed by atoms with Crippen LogP contribution in [0.15, 0.2) is 59.8 Å². The van der Waals surface area contributed by atoms with Crippen molar-refractivity contribution in [3.05, 3.63) is 70.9 Å². The van der Waals surface area contributed by atoms with Crippen LogP contribution in [-0.2, 0) is 23.1 Å². The zero-order chi connectivity index (χ0) is 24.1. The largest absolute Gasteiger partial charge is 0.325 e. The number of nitrogens with one attached hydrogen (secondary N) is 2. The van der Waals surface area contributed by atoms with Crippen LogP contribution < -0.4 is 10.6 Å². The smallest absolute Gasteiger partial charge is 0.236 e. The Morgan fingerprint density at radius 3 is 2.47 bits per heavy atom. The van der Waals surface area contributed by atoms with Crippen molar-refractivity contribution in [2.24, 2.45) is 7.05 Å². The molecule has 0 radical (unpaired) electrons. The Labute approximate surface area is 205 Å². The molecule has 4 aromatic rings. The van der Waals surface area contributed by atoms with Gasteiger partial charge < -0.3 is 15.2 Å². The molecule has 174 valence electrons. The third kappa shape index (κ3) is 5.70. The number of aryl methyl sites for hydroxylation is 2. The van der Waals surface area contributed by atoms with Gasteiger partial charge in [0.1, 0.15) is 5.82 Å². The fraction of sp³-hybridized carbons (Fsp3) is 0.208. The van der Waals surface area contributed by atoms with E-state index in [1.165, 1.54) is 23.1 Å². The maximum Gasteiger partial charge on any atom is 0.236 e. The Morgan fingerprint density at radius 2 is 1.71 bits per heavy atom. The van der Waals surface area contributed by atoms with Crippen molar-refractivity contribution in [1.29, 1.82) is 0 Å². The molecule has 2 N–H and O–H groups in total. The number of carbonyl (C=O) groups is 2. The highest BCUT2D eigenvalue weighted by Crippen LogP contribution is 2.30. The van der Waals surface area contributed by atoms with Crippen LogP contribution >= 0.6 is 23.1 Å². The summed E-state index contributed by atoms with van der Waals surface area (Å²) in [6, 6.07) is 17.5. The third-order valence-corrected chi connectivity index (χ3v) is 6.99. The number of thiazole rings is 1. The van der Waals surface area contributed by atoms with Gasteiger partial charge in [-0.3, -0.25) is 9.59 Å². The average molecular weight is 493 g/mol. The molecule has 8 nitrogen and oxygen atoms in total. The van der Waals surface area contributed by atoms with E-state index in [0.29, 0.717) is 16.1 Å². The predicted octanol–water partition coefficient (Wildman–Crippen LogP) is 4.47. The number of hydrogen-bond acceptors (Lipinski definition) is 7. The molecule has 0 fully saturated rings. The van der Waals surface area contributed by atoms with Crippen LogP contribution in [0.5, 0.6) is 0 Å². The number of amides is 2. The lowest BCUT2D eigenvalue weighted by atomic mass is 10.1. The molecule has 0 spiro atoms. The van der Waals surface area contributed by atoms with E-state index < -0.39 is 0 Å². The Balaban J connectivity index is 1.32. The lowest BCUT2D eigenvalue weighted by molar-refractivity contribution is -0.116. The van der Waals surface area contributed by atoms with Crippen LogP contribution in [0.4, 0.5) is 10.8 Å². The van der Waals surface area contributed by atoms with E-state index in [1.807, 2.05) is 68.4 Å². The SMILES string of the molecule is Cc1ccccc1NC(=O)Cc1nnc(SCC(=O)Nc2nc(-c3ccccc3)c(C)s2)n1C. The van der Waals surface area contributed by atoms with Crippen molar-refractivity contribution >= 4 is 45.7 Å². The van der Waals surface area contributed by atoms with Crippen molar-refractivity contribution in [2.45, 2.75) is 25.4 Å². The van der Waals surface area contributed by atoms with Crippen molar-refractivity contribution < 1.29 is 9.59 Å². The van der Waals surface area contributed by atoms with Crippen LogP contribution in [0.2, 0.25) is 0 Å². The Morgan fingerprint density at radius 1 is 0.971 bits per heavy atom. The molecule has 10 heteroatoms. The van der Waals surface area contributed by atoms with Crippen LogP contribution in [-0.4, -0.2) is 37.3 Å². The highest BCUT2D eigenvalue weighted by Gasteiger charge is 2.16. The summed E-state index contributed by atoms with van der Waals surface area (Å²) in [6.45, 7) is 3.92. The summed E-state index contributed by atoms with van der Waals surface area (Å²) in [6.07, 6.45) is 0.0885. The van der Waals surface area contributed by atoms with Gasteiger partial charge in [-0.1, -0.05) is 60.3 Å². The standard InChI is InChI=1S/C24H24N6O2S2/c1-15-9-7-8-12-18(15)25-20(31)13-19-28-29-24(30(19)3)33-14-21(32)26-23-27-22(16(2)34-23)17-10-5-4-6-11-17/h4-12H,13-14H2,1-3H3,(H,25,31)(H,26,27,32). The predicted molar refractivity (Wildman–Crippen MR) is 136 cm³/mol. The average Bonchev–Trinajstić information content (AvgIpc) is 3.36. The molecule has 0 bridgehead atoms. The number of anilines is 2. The summed E-state index contributed by atoms with van der Waals surface area (Å²) in [7, 11) is 1.78. The zero-order valence-corrected chi connectivity index (χ0v) is 20.7. The van der Waals surface area contributed by atoms with Crippen molar-refractivity contribution in [1.82, 2.24) is 19.7 Å². The molecule has 0 unspecified atom stereocenters. The molecule has 0 aliphatic rings. The van der Waals surface area contributed by atoms with Gasteiger partial charge in [0.15, 0.2) is 10.3 Å². The van der Waals surface area contributed by atoms with Gasteiger partial charge in [-0.15, -0.1) is 21.5 Å². The molecule has 0 atom stereocenters. The van der Waals surface area contributed by atoms with Crippen LogP contribution in [0.1, 0.15) is 16.3 Å². The summed E-state index contributed by atoms with van der Waals surface area (Å²) < 4.78 is 1.73. The molecule has 2 aromatic carbocycles. The Hall–Kier alpha value is -3.50. The number of rotatable bonds is 8. The molecule has 2 heterocycles. The van der Waals surface area contributed by atoms with E-state index >= 15 is 0 Å². The first-order valence-corrected chi connectivity index (χ1v) is 12.4. The van der Waals surface area contributed by atoms with E-state index in [-0.39, 0.29) is 24.0 Å². The van der Waals surface area contributed by atoms with Gasteiger partial charge in [0.25, 0.3) is 0 Å². The molecule has 0 aliphatic heterocycles. The van der Waals surface area contributed by atoms with Crippen LogP contribution in [0.3, 0.4) is 0 Å². The number of hydrogen-bond donors (Lipinski definition) is 2. The molecule has 0 saturated carbocycles. The first-order valence-electron chi connectivity index (χ1n) is 10.6. The fourth-order valence-electron chi connectivity index (χ4n) is 3.28. The van der Waals surface area contributed by atoms with E-state index in [9.17, 15) is 9.59 Å². The first kappa shape index (κ1) is 23.7. The van der Waals surface area contributed by atoms with Crippen molar-refractivity contribution in [3.8, 4) is 11.3 Å². The number of carbonyl (C=O) groups excluding carboxylic acids is 2. The molecule has 2 aromatic heterocycles. The minimum absolute atomic E-state index is 0.0885. The molecule has 4 rings (SSSR count). The topological polar surface area (TPSA) is 102 Å². The van der Waals surface area contributed by atoms with Gasteiger partial charge in [-0.25, -0.2) is 4.98 Å². The summed E-state index contributed by atoms with van der Waals surface area (Å²) in [5, 5.41) is 15.1. The van der Waals surface area contributed by atoms with Crippen LogP contribution in [0.25, 0.3) is 11.3 Å². The second kappa shape index (κ2) is 10.6. The third-order valence-electron chi connectivity index (χ3n) is 5.09. The van der Waals surface area contributed by atoms with Gasteiger partial charge in [0.05, 0.1) is 17.9 Å². The fourth-order valence-corrected chi connectivity index (χ4v) is 4.86. The summed E-state index contributed by atoms with van der Waals surface area (Å²) in [4.78, 5) is 30.5. The molecular weight excluding hydrogens is 468 g/mol. The van der Waals surface area contributed by atoms with Crippen molar-refractivity contribution in [3.63, 3.8) is 0 Å². The molecule has 34 heavy (non-hydrogen) atoms. The van der Waals surface area contributed by atoms with Gasteiger partial charge >= 0.3 is 0 Å². The summed E-state index contributed by atoms with van der Waals surface area (Å²) in [5.74, 6) is 0.324. The van der Waals surface area contributed by atoms with Gasteiger partial charge in [-0.2, -0.15) is 0 Å². The minimum atomic E-state index is -0.180. The lowest BCUT2D eigenvalue weighted by Crippen LogP contribution is -2.17. The number of thioether (sulfide) groups is 1. The molecule has 2 amide bonds. The number of para-hydroxylation sites is 1. The van der Waals surface area contributed by atoms with Gasteiger partial charge in [0.2, 0.25) is 11.8 Å². The van der Waals surface area contributed by atoms with Gasteiger partial charge in [0, 0.05) is 23.2 Å². The number of aromatic nitrogens is 4. The van der Waals surface area contributed by atoms with Crippen molar-refractivity contribution in [2.75, 3.05) is 16.4 Å². The molecule has 0 aliphatic carbocycles. The Kier molecular flexibility index (Phi) is 7.39. The maximum atomic E-state index is 12.5. The monoisotopic (exact) mass is 492 g/mol. The quantitative estimate of drug-likeness (QED) is 0.352. The Bertz CT molecular complexity index is 1320. The first-order chi connectivity index (χ1) is 16.4. The van der Waals surface area contributed by atoms with Crippen LogP contribution in [0, 0.1) is 13.8 Å². The minimum Gasteiger partial charge on any atom is -0.325 e. The van der Waals surface area contributed by atoms with E-state index in [4.69, 9.17) is 0 Å². The molecule has 0 saturated heterocycles. The zero-order valence-electron chi connectivity index (χ0n) is 19.0. The maximum absolute atomic E-state index is 12.5. The van der Waals surface area contributed by atoms with E-state index in [0.717, 1.165) is 27.4 Å². The normalized spacial score (nSPS) is 10.8. The number of benzene rings is 2. The molecular formula is C24H24N6O2S2. The summed E-state index contributed by atoms with van der Waals surface area (Å²) >= 11 is 2.70. The highest BCUT2D eigenvalue weighted by molar-refractivity contribution is 7.99. The highest BCUT2D eigenvalue weighted by atomic mass is 32.2. The summed E-state index contributed by atoms with van der Waals surface area (Å²) in [5.41, 5.74) is 3.65. The van der Waals surface area contributed by atoms with E-state index in [1.54, 1.807) is 11.6 Å².